The zero-order chi connectivity index (χ0) is 83.0. The van der Waals surface area contributed by atoms with Gasteiger partial charge in [-0.05, 0) is 251 Å². The number of benzene rings is 4. The zero-order valence-corrected chi connectivity index (χ0v) is 74.9. The molecule has 3 fully saturated rings. The van der Waals surface area contributed by atoms with E-state index < -0.39 is 22.6 Å². The van der Waals surface area contributed by atoms with Crippen molar-refractivity contribution < 1.29 is 76.8 Å². The Bertz CT molecular complexity index is 3620. The molecule has 4 N–H and O–H groups in total. The quantitative estimate of drug-likeness (QED) is 0.0142. The van der Waals surface area contributed by atoms with Crippen LogP contribution in [0.15, 0.2) is 103 Å². The summed E-state index contributed by atoms with van der Waals surface area (Å²) < 4.78 is 60.7. The van der Waals surface area contributed by atoms with Crippen molar-refractivity contribution in [2.24, 2.45) is 23.7 Å². The molecular formula is C96H148O16Si2. The van der Waals surface area contributed by atoms with E-state index in [2.05, 4.69) is 131 Å². The van der Waals surface area contributed by atoms with Crippen LogP contribution in [0.25, 0.3) is 0 Å². The molecule has 4 aromatic rings. The number of carboxylic acid groups (broad SMARTS) is 1. The highest BCUT2D eigenvalue weighted by Crippen LogP contribution is 2.54. The minimum Gasteiger partial charge on any atom is -0.497 e. The number of rotatable bonds is 38. The van der Waals surface area contributed by atoms with E-state index in [9.17, 15) is 19.8 Å². The predicted molar refractivity (Wildman–Crippen MR) is 464 cm³/mol. The lowest BCUT2D eigenvalue weighted by Gasteiger charge is -2.43. The van der Waals surface area contributed by atoms with Crippen molar-refractivity contribution in [3.05, 3.63) is 142 Å². The molecule has 0 amide bonds. The summed E-state index contributed by atoms with van der Waals surface area (Å²) in [5, 5.41) is 38.7. The van der Waals surface area contributed by atoms with Crippen LogP contribution >= 0.6 is 0 Å². The molecule has 4 aromatic carbocycles. The van der Waals surface area contributed by atoms with Crippen LogP contribution in [0.5, 0.6) is 23.0 Å². The average molecular weight is 1610 g/mol. The van der Waals surface area contributed by atoms with Crippen LogP contribution in [-0.2, 0) is 69.7 Å². The third-order valence-electron chi connectivity index (χ3n) is 25.2. The molecule has 0 spiro atoms. The summed E-state index contributed by atoms with van der Waals surface area (Å²) in [5.74, 6) is 10.8. The van der Waals surface area contributed by atoms with Crippen LogP contribution in [-0.4, -0.2) is 127 Å². The molecule has 2 aliphatic heterocycles. The number of carboxylic acids is 1. The van der Waals surface area contributed by atoms with Gasteiger partial charge in [-0.3, -0.25) is 4.79 Å². The third kappa shape index (κ3) is 28.8. The maximum absolute atomic E-state index is 13.6. The summed E-state index contributed by atoms with van der Waals surface area (Å²) >= 11 is 0. The van der Waals surface area contributed by atoms with E-state index in [0.29, 0.717) is 36.2 Å². The summed E-state index contributed by atoms with van der Waals surface area (Å²) in [5.41, 5.74) is 10.0. The average Bonchev–Trinajstić information content (AvgIpc) is 1.68. The van der Waals surface area contributed by atoms with Crippen molar-refractivity contribution in [1.29, 1.82) is 0 Å². The maximum atomic E-state index is 13.6. The first-order valence-corrected chi connectivity index (χ1v) is 49.5. The van der Waals surface area contributed by atoms with Gasteiger partial charge in [-0.1, -0.05) is 181 Å². The summed E-state index contributed by atoms with van der Waals surface area (Å²) in [4.78, 5) is 24.5. The summed E-state index contributed by atoms with van der Waals surface area (Å²) in [6, 6.07) is 25.7. The fourth-order valence-electron chi connectivity index (χ4n) is 16.6. The standard InChI is InChI=1S/C33H52O5Si.C32H52O4Si.C23H34O5.C8H10O2/c1-8-9-10-14-24(37-30-17-11-12-20-36-30)18-19-26-28(34)22-23-21-27-25(15-13-16-29(27)35-5)32(31(23)26)38-39(6,7)33(2,3)4;1-9-11-12-19-26(35-31-24-15-16-25-34-31)20-13-14-22-30(36-37(7,8)32(3,4)5)28-21-17-23-29(33-6)27(28)18-10-2;1-2-3-4-7-17(24)9-10-18-19-11-15-6-5-8-22(28-14-23(26)27)20(15)12-16(19)13-21(18)25;1-10-8-4-2-3-7(5-8)6-9/h13,15-16,23-24,30,32H,8-12,14,17-22H2,1-7H3;10,17,21,23,26,30-31H,2,9,11-13,15-16,18-20,24-25H2,1,3-8H3;5-6,8,16-19,21,24-25H,2-4,7,9-14H2,1H3,(H,26,27);2-5,9H,6H2,1H3/t23-,24-,30?,32+;26-,30-,31?;16-,17-,18+,19-,21+;/m000./s1. The van der Waals surface area contributed by atoms with Gasteiger partial charge < -0.3 is 67.2 Å². The van der Waals surface area contributed by atoms with E-state index in [1.54, 1.807) is 27.4 Å². The van der Waals surface area contributed by atoms with Crippen LogP contribution in [0, 0.1) is 35.5 Å². The van der Waals surface area contributed by atoms with Crippen molar-refractivity contribution in [3.8, 4) is 34.8 Å². The Labute approximate surface area is 689 Å². The number of ketones is 1. The maximum Gasteiger partial charge on any atom is 0.341 e. The topological polar surface area (TPSA) is 207 Å². The number of hydrogen-bond donors (Lipinski definition) is 4. The molecule has 2 unspecified atom stereocenters. The van der Waals surface area contributed by atoms with Crippen LogP contribution in [0.3, 0.4) is 0 Å². The van der Waals surface area contributed by atoms with Gasteiger partial charge in [0.15, 0.2) is 41.6 Å². The Balaban J connectivity index is 0.000000225. The molecule has 636 valence electrons. The number of Topliss-reactive ketones (excluding diaryl/α,β-unsaturated/α-hetero) is 1. The highest BCUT2D eigenvalue weighted by atomic mass is 28.4. The van der Waals surface area contributed by atoms with Crippen molar-refractivity contribution in [1.82, 2.24) is 0 Å². The van der Waals surface area contributed by atoms with E-state index in [0.717, 1.165) is 200 Å². The molecule has 2 saturated heterocycles. The zero-order valence-electron chi connectivity index (χ0n) is 72.9. The second-order valence-electron chi connectivity index (χ2n) is 35.6. The Morgan fingerprint density at radius 3 is 1.88 bits per heavy atom. The van der Waals surface area contributed by atoms with Gasteiger partial charge in [0.1, 0.15) is 29.1 Å². The summed E-state index contributed by atoms with van der Waals surface area (Å²) in [7, 11) is 0.875. The lowest BCUT2D eigenvalue weighted by Crippen LogP contribution is -2.43. The normalized spacial score (nSPS) is 21.7. The smallest absolute Gasteiger partial charge is 0.341 e. The second kappa shape index (κ2) is 47.8. The number of aliphatic hydroxyl groups excluding tert-OH is 3. The lowest BCUT2D eigenvalue weighted by molar-refractivity contribution is -0.190. The van der Waals surface area contributed by atoms with Gasteiger partial charge in [0, 0.05) is 37.2 Å². The fraction of sp³-hybridized carbons (Fsp3) is 0.667. The van der Waals surface area contributed by atoms with Crippen molar-refractivity contribution in [2.75, 3.05) is 41.2 Å². The Morgan fingerprint density at radius 1 is 0.684 bits per heavy atom. The molecule has 16 nitrogen and oxygen atoms in total. The Hall–Kier alpha value is -5.67. The van der Waals surface area contributed by atoms with Gasteiger partial charge in [0.05, 0.1) is 58.5 Å². The molecule has 0 bridgehead atoms. The second-order valence-corrected chi connectivity index (χ2v) is 45.2. The number of unbranched alkanes of at least 4 members (excludes halogenated alkanes) is 6. The highest BCUT2D eigenvalue weighted by Gasteiger charge is 2.49. The first-order valence-electron chi connectivity index (χ1n) is 43.7. The number of ether oxygens (including phenoxy) is 8. The summed E-state index contributed by atoms with van der Waals surface area (Å²) in [6.07, 6.45) is 30.8. The van der Waals surface area contributed by atoms with Crippen molar-refractivity contribution >= 4 is 28.4 Å². The molecule has 0 radical (unpaired) electrons. The summed E-state index contributed by atoms with van der Waals surface area (Å²) in [6.45, 7) is 34.8. The minimum atomic E-state index is -2.12. The van der Waals surface area contributed by atoms with Gasteiger partial charge in [0.2, 0.25) is 0 Å². The number of carbonyl (C=O) groups is 2. The monoisotopic (exact) mass is 1610 g/mol. The third-order valence-corrected chi connectivity index (χ3v) is 34.0. The lowest BCUT2D eigenvalue weighted by atomic mass is 9.73. The molecule has 12 atom stereocenters. The SMILES string of the molecule is C=CCc1c(OC)cccc1[C@H](C#CCC[C@H](CCCCC)OC1CCCCO1)O[Si](C)(C)C(C)(C)C.CCCCC[C@@H](CCC1=C2[C@H](CC1=O)Cc1c(OC)cccc1[C@H]2O[Si](C)(C)C(C)(C)C)OC1CCCCO1.CCCCC[C@H](O)CC[C@@H]1[C@H]2Cc3cccc(OCC(=O)O)c3C[C@H]2C[C@H]1O.COc1cccc(CO)c1. The van der Waals surface area contributed by atoms with Crippen molar-refractivity contribution in [3.63, 3.8) is 0 Å². The number of aliphatic hydroxyl groups is 3. The van der Waals surface area contributed by atoms with E-state index in [1.165, 1.54) is 60.8 Å². The molecule has 2 heterocycles. The molecule has 6 aliphatic rings. The highest BCUT2D eigenvalue weighted by molar-refractivity contribution is 6.74. The number of fused-ring (bicyclic) bond motifs is 4. The van der Waals surface area contributed by atoms with Crippen LogP contribution in [0.4, 0.5) is 0 Å². The molecule has 114 heavy (non-hydrogen) atoms. The van der Waals surface area contributed by atoms with Gasteiger partial charge in [-0.15, -0.1) is 12.5 Å². The van der Waals surface area contributed by atoms with E-state index >= 15 is 0 Å². The molecule has 0 aromatic heterocycles. The van der Waals surface area contributed by atoms with Gasteiger partial charge in [-0.2, -0.15) is 0 Å². The fourth-order valence-corrected chi connectivity index (χ4v) is 18.9. The van der Waals surface area contributed by atoms with Crippen LogP contribution in [0.1, 0.15) is 280 Å². The molecule has 10 rings (SSSR count). The first-order chi connectivity index (χ1) is 54.5. The van der Waals surface area contributed by atoms with Crippen molar-refractivity contribution in [2.45, 2.75) is 347 Å². The van der Waals surface area contributed by atoms with Gasteiger partial charge in [-0.25, -0.2) is 4.79 Å². The molecule has 4 aliphatic carbocycles. The van der Waals surface area contributed by atoms with Gasteiger partial charge >= 0.3 is 5.97 Å². The van der Waals surface area contributed by atoms with E-state index in [1.807, 2.05) is 54.6 Å². The minimum absolute atomic E-state index is 0.0544. The van der Waals surface area contributed by atoms with Crippen LogP contribution < -0.4 is 18.9 Å². The first kappa shape index (κ1) is 95.5. The number of carbonyl (C=O) groups excluding carboxylic acids is 1. The van der Waals surface area contributed by atoms with Crippen LogP contribution in [0.2, 0.25) is 36.3 Å². The Kier molecular flexibility index (Phi) is 40.0. The largest absolute Gasteiger partial charge is 0.497 e. The van der Waals surface area contributed by atoms with Gasteiger partial charge in [0.25, 0.3) is 0 Å². The molecular weight excluding hydrogens is 1470 g/mol. The van der Waals surface area contributed by atoms with E-state index in [4.69, 9.17) is 57.0 Å². The number of allylic oxidation sites excluding steroid dienone is 2. The number of aliphatic carboxylic acids is 1. The number of hydrogen-bond acceptors (Lipinski definition) is 15. The molecule has 18 heteroatoms. The Morgan fingerprint density at radius 2 is 1.29 bits per heavy atom. The van der Waals surface area contributed by atoms with E-state index in [-0.39, 0.29) is 84.3 Å². The predicted octanol–water partition coefficient (Wildman–Crippen LogP) is 22.0. The number of methoxy groups -OCH3 is 3. The molecule has 1 saturated carbocycles.